The molecule has 2 rings (SSSR count). The molecule has 0 bridgehead atoms. The van der Waals surface area contributed by atoms with Gasteiger partial charge in [-0.25, -0.2) is 4.39 Å². The summed E-state index contributed by atoms with van der Waals surface area (Å²) in [5, 5.41) is 0.282. The summed E-state index contributed by atoms with van der Waals surface area (Å²) >= 11 is 9.52. The zero-order valence-electron chi connectivity index (χ0n) is 11.5. The molecule has 0 heterocycles. The van der Waals surface area contributed by atoms with Crippen molar-refractivity contribution in [1.82, 2.24) is 0 Å². The first-order valence-corrected chi connectivity index (χ1v) is 7.27. The van der Waals surface area contributed by atoms with Crippen molar-refractivity contribution in [2.75, 3.05) is 14.2 Å². The van der Waals surface area contributed by atoms with Gasteiger partial charge in [-0.15, -0.1) is 0 Å². The molecule has 1 unspecified atom stereocenters. The van der Waals surface area contributed by atoms with Gasteiger partial charge in [-0.3, -0.25) is 0 Å². The van der Waals surface area contributed by atoms with E-state index in [4.69, 9.17) is 26.8 Å². The number of methoxy groups -OCH3 is 2. The van der Waals surface area contributed by atoms with E-state index in [1.807, 2.05) is 0 Å². The van der Waals surface area contributed by atoms with Gasteiger partial charge in [0.15, 0.2) is 11.5 Å². The molecule has 0 saturated heterocycles. The van der Waals surface area contributed by atoms with Gasteiger partial charge in [0.2, 0.25) is 0 Å². The minimum atomic E-state index is -0.521. The predicted octanol–water partition coefficient (Wildman–Crippen LogP) is 4.31. The molecule has 0 saturated carbocycles. The van der Waals surface area contributed by atoms with Gasteiger partial charge < -0.3 is 15.2 Å². The fraction of sp³-hybridized carbons (Fsp3) is 0.200. The van der Waals surface area contributed by atoms with Gasteiger partial charge in [-0.1, -0.05) is 33.6 Å². The van der Waals surface area contributed by atoms with Crippen LogP contribution in [0, 0.1) is 5.82 Å². The summed E-state index contributed by atoms with van der Waals surface area (Å²) in [6.07, 6.45) is 0. The van der Waals surface area contributed by atoms with E-state index in [-0.39, 0.29) is 5.02 Å². The number of benzene rings is 2. The van der Waals surface area contributed by atoms with Crippen LogP contribution in [-0.4, -0.2) is 14.2 Å². The molecule has 2 N–H and O–H groups in total. The van der Waals surface area contributed by atoms with Crippen LogP contribution in [0.5, 0.6) is 11.5 Å². The number of ether oxygens (including phenoxy) is 2. The van der Waals surface area contributed by atoms with Crippen molar-refractivity contribution in [3.63, 3.8) is 0 Å². The molecule has 0 radical (unpaired) electrons. The Morgan fingerprint density at radius 2 is 1.71 bits per heavy atom. The molecular weight excluding hydrogens is 361 g/mol. The zero-order valence-corrected chi connectivity index (χ0v) is 13.8. The van der Waals surface area contributed by atoms with E-state index in [1.165, 1.54) is 12.1 Å². The Labute approximate surface area is 135 Å². The molecule has 1 atom stereocenters. The van der Waals surface area contributed by atoms with Crippen LogP contribution in [0.25, 0.3) is 0 Å². The van der Waals surface area contributed by atoms with E-state index in [0.29, 0.717) is 17.1 Å². The summed E-state index contributed by atoms with van der Waals surface area (Å²) in [6.45, 7) is 0. The van der Waals surface area contributed by atoms with Crippen molar-refractivity contribution in [3.8, 4) is 11.5 Å². The first-order chi connectivity index (χ1) is 9.97. The van der Waals surface area contributed by atoms with Crippen LogP contribution in [0.3, 0.4) is 0 Å². The second-order valence-corrected chi connectivity index (χ2v) is 5.63. The summed E-state index contributed by atoms with van der Waals surface area (Å²) in [5.41, 5.74) is 7.65. The number of hydrogen-bond donors (Lipinski definition) is 1. The maximum absolute atomic E-state index is 13.1. The van der Waals surface area contributed by atoms with Crippen molar-refractivity contribution < 1.29 is 13.9 Å². The molecule has 0 fully saturated rings. The maximum atomic E-state index is 13.1. The van der Waals surface area contributed by atoms with Gasteiger partial charge in [-0.2, -0.15) is 0 Å². The average Bonchev–Trinajstić information content (AvgIpc) is 2.46. The lowest BCUT2D eigenvalue weighted by molar-refractivity contribution is 0.354. The Bertz CT molecular complexity index is 666. The third-order valence-electron chi connectivity index (χ3n) is 3.14. The van der Waals surface area contributed by atoms with Crippen LogP contribution in [0.2, 0.25) is 5.02 Å². The molecule has 2 aromatic rings. The molecule has 0 aliphatic rings. The average molecular weight is 375 g/mol. The van der Waals surface area contributed by atoms with Gasteiger partial charge in [0.05, 0.1) is 20.3 Å². The Hall–Kier alpha value is -1.30. The van der Waals surface area contributed by atoms with E-state index in [2.05, 4.69) is 15.9 Å². The number of rotatable bonds is 4. The number of nitrogens with two attached hydrogens (primary N) is 1. The summed E-state index contributed by atoms with van der Waals surface area (Å²) in [6, 6.07) is 7.16. The lowest BCUT2D eigenvalue weighted by Crippen LogP contribution is -2.13. The van der Waals surface area contributed by atoms with Gasteiger partial charge in [-0.05, 0) is 35.4 Å². The fourth-order valence-electron chi connectivity index (χ4n) is 2.03. The standard InChI is InChI=1S/C15H14BrClFNO2/c1-20-13-6-10(11(16)7-14(13)21-2)15(19)9-4-3-8(18)5-12(9)17/h3-7,15H,19H2,1-2H3. The van der Waals surface area contributed by atoms with Gasteiger partial charge >= 0.3 is 0 Å². The van der Waals surface area contributed by atoms with Crippen molar-refractivity contribution in [2.45, 2.75) is 6.04 Å². The third kappa shape index (κ3) is 3.31. The van der Waals surface area contributed by atoms with Crippen molar-refractivity contribution in [3.05, 3.63) is 56.8 Å². The summed E-state index contributed by atoms with van der Waals surface area (Å²) in [5.74, 6) is 0.747. The molecule has 0 aliphatic heterocycles. The molecule has 0 aliphatic carbocycles. The van der Waals surface area contributed by atoms with E-state index in [0.717, 1.165) is 10.0 Å². The smallest absolute Gasteiger partial charge is 0.161 e. The van der Waals surface area contributed by atoms with Gasteiger partial charge in [0, 0.05) is 9.50 Å². The second kappa shape index (κ2) is 6.64. The first kappa shape index (κ1) is 16.1. The Morgan fingerprint density at radius 1 is 1.10 bits per heavy atom. The highest BCUT2D eigenvalue weighted by atomic mass is 79.9. The summed E-state index contributed by atoms with van der Waals surface area (Å²) in [7, 11) is 3.10. The van der Waals surface area contributed by atoms with E-state index >= 15 is 0 Å². The highest BCUT2D eigenvalue weighted by molar-refractivity contribution is 9.10. The van der Waals surface area contributed by atoms with Crippen molar-refractivity contribution >= 4 is 27.5 Å². The van der Waals surface area contributed by atoms with E-state index in [9.17, 15) is 4.39 Å². The monoisotopic (exact) mass is 373 g/mol. The number of halogens is 3. The molecule has 112 valence electrons. The van der Waals surface area contributed by atoms with Crippen LogP contribution in [0.1, 0.15) is 17.2 Å². The van der Waals surface area contributed by atoms with Crippen LogP contribution in [-0.2, 0) is 0 Å². The first-order valence-electron chi connectivity index (χ1n) is 6.10. The molecule has 0 spiro atoms. The number of hydrogen-bond acceptors (Lipinski definition) is 3. The normalized spacial score (nSPS) is 12.1. The molecule has 3 nitrogen and oxygen atoms in total. The highest BCUT2D eigenvalue weighted by Crippen LogP contribution is 2.38. The Balaban J connectivity index is 2.50. The Kier molecular flexibility index (Phi) is 5.08. The Morgan fingerprint density at radius 3 is 2.29 bits per heavy atom. The predicted molar refractivity (Wildman–Crippen MR) is 84.7 cm³/mol. The van der Waals surface area contributed by atoms with Crippen molar-refractivity contribution in [1.29, 1.82) is 0 Å². The lowest BCUT2D eigenvalue weighted by atomic mass is 9.99. The van der Waals surface area contributed by atoms with E-state index in [1.54, 1.807) is 32.4 Å². The topological polar surface area (TPSA) is 44.5 Å². The van der Waals surface area contributed by atoms with Crippen LogP contribution < -0.4 is 15.2 Å². The summed E-state index contributed by atoms with van der Waals surface area (Å²) in [4.78, 5) is 0. The molecule has 2 aromatic carbocycles. The fourth-order valence-corrected chi connectivity index (χ4v) is 2.88. The highest BCUT2D eigenvalue weighted by Gasteiger charge is 2.19. The minimum absolute atomic E-state index is 0.282. The quantitative estimate of drug-likeness (QED) is 0.867. The van der Waals surface area contributed by atoms with Crippen LogP contribution in [0.15, 0.2) is 34.8 Å². The van der Waals surface area contributed by atoms with Crippen LogP contribution >= 0.6 is 27.5 Å². The van der Waals surface area contributed by atoms with Gasteiger partial charge in [0.1, 0.15) is 5.82 Å². The maximum Gasteiger partial charge on any atom is 0.161 e. The second-order valence-electron chi connectivity index (χ2n) is 4.37. The lowest BCUT2D eigenvalue weighted by Gasteiger charge is -2.18. The summed E-state index contributed by atoms with van der Waals surface area (Å²) < 4.78 is 24.4. The SMILES string of the molecule is COc1cc(Br)c(C(N)c2ccc(F)cc2Cl)cc1OC. The third-order valence-corrected chi connectivity index (χ3v) is 4.15. The molecule has 6 heteroatoms. The van der Waals surface area contributed by atoms with E-state index < -0.39 is 11.9 Å². The molecular formula is C15H14BrClFNO2. The zero-order chi connectivity index (χ0) is 15.6. The van der Waals surface area contributed by atoms with Crippen molar-refractivity contribution in [2.24, 2.45) is 5.73 Å². The molecule has 0 amide bonds. The van der Waals surface area contributed by atoms with Gasteiger partial charge in [0.25, 0.3) is 0 Å². The molecule has 21 heavy (non-hydrogen) atoms. The molecule has 0 aromatic heterocycles. The largest absolute Gasteiger partial charge is 0.493 e. The minimum Gasteiger partial charge on any atom is -0.493 e. The van der Waals surface area contributed by atoms with Crippen LogP contribution in [0.4, 0.5) is 4.39 Å².